The van der Waals surface area contributed by atoms with Gasteiger partial charge in [-0.3, -0.25) is 0 Å². The monoisotopic (exact) mass is 287 g/mol. The summed E-state index contributed by atoms with van der Waals surface area (Å²) in [6.07, 6.45) is 9.37. The Bertz CT molecular complexity index is 451. The molecule has 1 heteroatoms. The van der Waals surface area contributed by atoms with Gasteiger partial charge in [-0.05, 0) is 84.9 Å². The van der Waals surface area contributed by atoms with Crippen LogP contribution in [0.2, 0.25) is 0 Å². The van der Waals surface area contributed by atoms with Gasteiger partial charge >= 0.3 is 0 Å². The Morgan fingerprint density at radius 2 is 1.81 bits per heavy atom. The predicted molar refractivity (Wildman–Crippen MR) is 87.0 cm³/mol. The summed E-state index contributed by atoms with van der Waals surface area (Å²) < 4.78 is 0. The first-order valence-electron chi connectivity index (χ1n) is 9.69. The molecule has 6 rings (SSSR count). The van der Waals surface area contributed by atoms with Crippen LogP contribution < -0.4 is 0 Å². The van der Waals surface area contributed by atoms with Crippen LogP contribution in [0.15, 0.2) is 0 Å². The van der Waals surface area contributed by atoms with E-state index in [1.54, 1.807) is 25.7 Å². The Hall–Kier alpha value is -0.0400. The van der Waals surface area contributed by atoms with Crippen LogP contribution in [0.1, 0.15) is 59.3 Å². The molecule has 1 nitrogen and oxygen atoms in total. The number of likely N-dealkylation sites (tertiary alicyclic amines) is 1. The smallest absolute Gasteiger partial charge is 0.00408 e. The quantitative estimate of drug-likeness (QED) is 0.726. The van der Waals surface area contributed by atoms with E-state index in [1.165, 1.54) is 32.5 Å². The van der Waals surface area contributed by atoms with Gasteiger partial charge in [-0.15, -0.1) is 0 Å². The van der Waals surface area contributed by atoms with Gasteiger partial charge in [-0.25, -0.2) is 0 Å². The molecule has 1 aliphatic heterocycles. The number of nitrogens with zero attached hydrogens (tertiary/aromatic N) is 1. The van der Waals surface area contributed by atoms with Crippen molar-refractivity contribution >= 4 is 0 Å². The highest BCUT2D eigenvalue weighted by molar-refractivity contribution is 5.08. The highest BCUT2D eigenvalue weighted by Crippen LogP contribution is 2.62. The van der Waals surface area contributed by atoms with Crippen LogP contribution in [-0.2, 0) is 0 Å². The molecule has 0 radical (unpaired) electrons. The van der Waals surface area contributed by atoms with Crippen molar-refractivity contribution in [3.63, 3.8) is 0 Å². The van der Waals surface area contributed by atoms with Crippen LogP contribution in [0.4, 0.5) is 0 Å². The van der Waals surface area contributed by atoms with Gasteiger partial charge in [0.25, 0.3) is 0 Å². The van der Waals surface area contributed by atoms with E-state index >= 15 is 0 Å². The molecule has 21 heavy (non-hydrogen) atoms. The van der Waals surface area contributed by atoms with Crippen LogP contribution >= 0.6 is 0 Å². The first kappa shape index (κ1) is 13.4. The summed E-state index contributed by atoms with van der Waals surface area (Å²) in [5.41, 5.74) is 1.17. The van der Waals surface area contributed by atoms with Gasteiger partial charge in [-0.2, -0.15) is 0 Å². The van der Waals surface area contributed by atoms with E-state index < -0.39 is 0 Å². The fourth-order valence-corrected chi connectivity index (χ4v) is 7.74. The zero-order chi connectivity index (χ0) is 14.4. The Morgan fingerprint density at radius 1 is 1.00 bits per heavy atom. The Morgan fingerprint density at radius 3 is 2.57 bits per heavy atom. The normalized spacial score (nSPS) is 57.3. The predicted octanol–water partition coefficient (Wildman–Crippen LogP) is 4.43. The van der Waals surface area contributed by atoms with Crippen molar-refractivity contribution < 1.29 is 0 Å². The largest absolute Gasteiger partial charge is 0.302 e. The molecule has 1 saturated heterocycles. The lowest BCUT2D eigenvalue weighted by atomic mass is 9.63. The fraction of sp³-hybridized carbons (Fsp3) is 1.00. The first-order chi connectivity index (χ1) is 9.96. The van der Waals surface area contributed by atoms with E-state index in [4.69, 9.17) is 0 Å². The average molecular weight is 287 g/mol. The number of piperidine rings is 1. The molecule has 6 fully saturated rings. The van der Waals surface area contributed by atoms with Gasteiger partial charge < -0.3 is 4.90 Å². The van der Waals surface area contributed by atoms with Crippen molar-refractivity contribution in [2.24, 2.45) is 46.3 Å². The van der Waals surface area contributed by atoms with Gasteiger partial charge in [0.2, 0.25) is 0 Å². The minimum Gasteiger partial charge on any atom is -0.302 e. The highest BCUT2D eigenvalue weighted by atomic mass is 15.2. The molecular formula is C20H33N. The zero-order valence-electron chi connectivity index (χ0n) is 14.3. The number of fused-ring (bicyclic) bond motifs is 2. The van der Waals surface area contributed by atoms with Crippen molar-refractivity contribution in [2.45, 2.75) is 59.3 Å². The second-order valence-corrected chi connectivity index (χ2v) is 10.4. The molecule has 0 aromatic heterocycles. The van der Waals surface area contributed by atoms with Crippen LogP contribution in [0, 0.1) is 46.3 Å². The molecule has 0 aromatic rings. The number of hydrogen-bond donors (Lipinski definition) is 0. The lowest BCUT2D eigenvalue weighted by Gasteiger charge is -2.51. The average Bonchev–Trinajstić information content (AvgIpc) is 2.84. The molecule has 7 atom stereocenters. The molecule has 5 saturated carbocycles. The third kappa shape index (κ3) is 1.68. The zero-order valence-corrected chi connectivity index (χ0v) is 14.3. The van der Waals surface area contributed by atoms with Crippen LogP contribution in [0.5, 0.6) is 0 Å². The molecule has 0 amide bonds. The highest BCUT2D eigenvalue weighted by Gasteiger charge is 2.57. The summed E-state index contributed by atoms with van der Waals surface area (Å²) in [4.78, 5) is 2.92. The molecule has 5 aliphatic carbocycles. The molecule has 0 N–H and O–H groups in total. The third-order valence-corrected chi connectivity index (χ3v) is 9.39. The van der Waals surface area contributed by atoms with Crippen molar-refractivity contribution in [2.75, 3.05) is 19.6 Å². The van der Waals surface area contributed by atoms with E-state index in [0.29, 0.717) is 10.8 Å². The van der Waals surface area contributed by atoms with Gasteiger partial charge in [0.1, 0.15) is 0 Å². The van der Waals surface area contributed by atoms with E-state index in [-0.39, 0.29) is 0 Å². The van der Waals surface area contributed by atoms with Gasteiger partial charge in [0.15, 0.2) is 0 Å². The Balaban J connectivity index is 1.33. The maximum atomic E-state index is 2.92. The third-order valence-electron chi connectivity index (χ3n) is 9.39. The maximum Gasteiger partial charge on any atom is 0.00408 e. The fourth-order valence-electron chi connectivity index (χ4n) is 7.74. The van der Waals surface area contributed by atoms with Gasteiger partial charge in [0, 0.05) is 19.6 Å². The van der Waals surface area contributed by atoms with Crippen molar-refractivity contribution in [3.8, 4) is 0 Å². The topological polar surface area (TPSA) is 3.24 Å². The van der Waals surface area contributed by atoms with Crippen LogP contribution in [-0.4, -0.2) is 24.5 Å². The maximum absolute atomic E-state index is 2.92. The summed E-state index contributed by atoms with van der Waals surface area (Å²) in [5.74, 6) is 6.59. The minimum atomic E-state index is 0.580. The second-order valence-electron chi connectivity index (χ2n) is 10.4. The van der Waals surface area contributed by atoms with Crippen molar-refractivity contribution in [1.29, 1.82) is 0 Å². The van der Waals surface area contributed by atoms with Crippen LogP contribution in [0.25, 0.3) is 0 Å². The summed E-state index contributed by atoms with van der Waals surface area (Å²) >= 11 is 0. The lowest BCUT2D eigenvalue weighted by molar-refractivity contribution is -0.0307. The number of rotatable bonds is 2. The molecule has 0 aromatic carbocycles. The Labute approximate surface area is 130 Å². The lowest BCUT2D eigenvalue weighted by Crippen LogP contribution is -2.53. The standard InChI is InChI=1S/C20H33N/c1-19(2)16-4-5-20(19,3)12-21(10-16)11-18-15-7-13-6-14(9-15)17(18)8-13/h13-18H,4-12H2,1-3H3/t13-,14-,15-,16+,17-,18-,20+/m0/s1. The molecule has 6 bridgehead atoms. The van der Waals surface area contributed by atoms with E-state index in [2.05, 4.69) is 25.7 Å². The molecule has 6 aliphatic rings. The summed E-state index contributed by atoms with van der Waals surface area (Å²) in [6.45, 7) is 12.0. The first-order valence-corrected chi connectivity index (χ1v) is 9.69. The van der Waals surface area contributed by atoms with Crippen molar-refractivity contribution in [1.82, 2.24) is 4.90 Å². The van der Waals surface area contributed by atoms with E-state index in [1.807, 2.05) is 0 Å². The Kier molecular flexibility index (Phi) is 2.60. The number of hydrogen-bond acceptors (Lipinski definition) is 1. The molecule has 0 spiro atoms. The SMILES string of the molecule is CC1(C)[C@@H]2CC[C@]1(C)CN(C[C@H]1[C@H]3C[C@@H]4C[C@@H](C3)[C@@H]1C4)C2. The van der Waals surface area contributed by atoms with Gasteiger partial charge in [0.05, 0.1) is 0 Å². The second kappa shape index (κ2) is 4.08. The summed E-state index contributed by atoms with van der Waals surface area (Å²) in [5, 5.41) is 0. The van der Waals surface area contributed by atoms with E-state index in [0.717, 1.165) is 35.5 Å². The minimum absolute atomic E-state index is 0.580. The van der Waals surface area contributed by atoms with E-state index in [9.17, 15) is 0 Å². The molecular weight excluding hydrogens is 254 g/mol. The van der Waals surface area contributed by atoms with Crippen LogP contribution in [0.3, 0.4) is 0 Å². The molecule has 0 unspecified atom stereocenters. The van der Waals surface area contributed by atoms with Gasteiger partial charge in [-0.1, -0.05) is 20.8 Å². The van der Waals surface area contributed by atoms with Crippen molar-refractivity contribution in [3.05, 3.63) is 0 Å². The summed E-state index contributed by atoms with van der Waals surface area (Å²) in [7, 11) is 0. The summed E-state index contributed by atoms with van der Waals surface area (Å²) in [6, 6.07) is 0. The molecule has 1 heterocycles. The molecule has 118 valence electrons.